The van der Waals surface area contributed by atoms with Gasteiger partial charge < -0.3 is 0 Å². The van der Waals surface area contributed by atoms with Crippen molar-refractivity contribution < 1.29 is 18.0 Å². The molecule has 0 aromatic heterocycles. The fraction of sp³-hybridized carbons (Fsp3) is 0.462. The van der Waals surface area contributed by atoms with Crippen molar-refractivity contribution in [2.75, 3.05) is 0 Å². The van der Waals surface area contributed by atoms with Gasteiger partial charge in [0.1, 0.15) is 0 Å². The van der Waals surface area contributed by atoms with E-state index in [0.717, 1.165) is 5.01 Å². The van der Waals surface area contributed by atoms with Crippen molar-refractivity contribution in [1.29, 1.82) is 0 Å². The van der Waals surface area contributed by atoms with Gasteiger partial charge in [-0.25, -0.2) is 0 Å². The van der Waals surface area contributed by atoms with Crippen LogP contribution in [0.15, 0.2) is 24.3 Å². The molecule has 7 heteroatoms. The van der Waals surface area contributed by atoms with E-state index in [1.807, 2.05) is 0 Å². The van der Waals surface area contributed by atoms with Gasteiger partial charge in [0.05, 0.1) is 0 Å². The van der Waals surface area contributed by atoms with Gasteiger partial charge in [0.25, 0.3) is 0 Å². The highest BCUT2D eigenvalue weighted by Crippen LogP contribution is 2.42. The Labute approximate surface area is 119 Å². The summed E-state index contributed by atoms with van der Waals surface area (Å²) in [5, 5.41) is 1.33. The second-order valence-corrected chi connectivity index (χ2v) is 5.83. The summed E-state index contributed by atoms with van der Waals surface area (Å²) in [7, 11) is 0. The molecule has 1 aromatic carbocycles. The molecule has 0 bridgehead atoms. The zero-order valence-corrected chi connectivity index (χ0v) is 11.7. The summed E-state index contributed by atoms with van der Waals surface area (Å²) in [6.07, 6.45) is -4.49. The van der Waals surface area contributed by atoms with E-state index >= 15 is 0 Å². The van der Waals surface area contributed by atoms with Gasteiger partial charge in [-0.2, -0.15) is 18.2 Å². The third-order valence-corrected chi connectivity index (χ3v) is 3.50. The molecule has 1 N–H and O–H groups in total. The van der Waals surface area contributed by atoms with Crippen LogP contribution in [0, 0.1) is 0 Å². The quantitative estimate of drug-likeness (QED) is 0.907. The van der Waals surface area contributed by atoms with E-state index in [0.29, 0.717) is 5.02 Å². The number of carbonyl (C=O) groups is 1. The molecule has 2 rings (SSSR count). The minimum absolute atomic E-state index is 0.0210. The number of carbonyl (C=O) groups excluding carboxylic acids is 1. The largest absolute Gasteiger partial charge is 0.409 e. The average Bonchev–Trinajstić information content (AvgIpc) is 2.53. The molecule has 1 saturated heterocycles. The van der Waals surface area contributed by atoms with Crippen LogP contribution >= 0.6 is 11.6 Å². The fourth-order valence-corrected chi connectivity index (χ4v) is 2.47. The van der Waals surface area contributed by atoms with Crippen molar-refractivity contribution in [3.63, 3.8) is 0 Å². The van der Waals surface area contributed by atoms with Crippen LogP contribution in [-0.4, -0.2) is 22.6 Å². The molecule has 0 spiro atoms. The van der Waals surface area contributed by atoms with Crippen LogP contribution < -0.4 is 5.43 Å². The lowest BCUT2D eigenvalue weighted by Crippen LogP contribution is -2.51. The Morgan fingerprint density at radius 2 is 1.85 bits per heavy atom. The number of halogens is 4. The second kappa shape index (κ2) is 4.93. The van der Waals surface area contributed by atoms with Gasteiger partial charge >= 0.3 is 6.18 Å². The van der Waals surface area contributed by atoms with Gasteiger partial charge in [-0.15, -0.1) is 0 Å². The van der Waals surface area contributed by atoms with Crippen LogP contribution in [-0.2, 0) is 4.79 Å². The number of nitrogens with zero attached hydrogens (tertiary/aromatic N) is 1. The van der Waals surface area contributed by atoms with E-state index in [2.05, 4.69) is 5.43 Å². The highest BCUT2D eigenvalue weighted by Gasteiger charge is 2.52. The standard InChI is InChI=1S/C13H14ClF3N2O/c1-12(2)7-10(20)18-19(12)11(13(15,16)17)8-3-5-9(14)6-4-8/h3-6,11H,7H2,1-2H3,(H,18,20)/t11-/m0/s1. The number of hydrazine groups is 1. The second-order valence-electron chi connectivity index (χ2n) is 5.39. The number of nitrogens with one attached hydrogen (secondary N) is 1. The minimum atomic E-state index is -4.51. The van der Waals surface area contributed by atoms with E-state index in [4.69, 9.17) is 11.6 Å². The van der Waals surface area contributed by atoms with Crippen molar-refractivity contribution >= 4 is 17.5 Å². The van der Waals surface area contributed by atoms with Gasteiger partial charge in [-0.1, -0.05) is 23.7 Å². The minimum Gasteiger partial charge on any atom is -0.287 e. The number of hydrogen-bond donors (Lipinski definition) is 1. The van der Waals surface area contributed by atoms with Crippen LogP contribution in [0.25, 0.3) is 0 Å². The van der Waals surface area contributed by atoms with Gasteiger partial charge in [-0.3, -0.25) is 10.2 Å². The smallest absolute Gasteiger partial charge is 0.287 e. The predicted molar refractivity (Wildman–Crippen MR) is 68.9 cm³/mol. The highest BCUT2D eigenvalue weighted by atomic mass is 35.5. The van der Waals surface area contributed by atoms with E-state index in [1.54, 1.807) is 13.8 Å². The molecule has 1 aliphatic heterocycles. The molecule has 1 fully saturated rings. The molecule has 20 heavy (non-hydrogen) atoms. The first-order valence-electron chi connectivity index (χ1n) is 6.02. The zero-order chi connectivity index (χ0) is 15.1. The van der Waals surface area contributed by atoms with E-state index in [-0.39, 0.29) is 12.0 Å². The molecule has 110 valence electrons. The Kier molecular flexibility index (Phi) is 3.73. The third kappa shape index (κ3) is 2.91. The molecular formula is C13H14ClF3N2O. The summed E-state index contributed by atoms with van der Waals surface area (Å²) in [6.45, 7) is 3.19. The maximum atomic E-state index is 13.4. The summed E-state index contributed by atoms with van der Waals surface area (Å²) in [4.78, 5) is 11.4. The molecule has 1 heterocycles. The predicted octanol–water partition coefficient (Wildman–Crippen LogP) is 3.46. The first-order chi connectivity index (χ1) is 9.11. The Morgan fingerprint density at radius 1 is 1.30 bits per heavy atom. The monoisotopic (exact) mass is 306 g/mol. The number of alkyl halides is 3. The third-order valence-electron chi connectivity index (χ3n) is 3.24. The molecular weight excluding hydrogens is 293 g/mol. The van der Waals surface area contributed by atoms with Crippen molar-refractivity contribution in [2.24, 2.45) is 0 Å². The van der Waals surface area contributed by atoms with Gasteiger partial charge in [0.2, 0.25) is 5.91 Å². The number of benzene rings is 1. The summed E-state index contributed by atoms with van der Waals surface area (Å²) >= 11 is 5.70. The summed E-state index contributed by atoms with van der Waals surface area (Å²) in [5.41, 5.74) is 1.42. The molecule has 1 aromatic rings. The molecule has 1 amide bonds. The maximum Gasteiger partial charge on any atom is 0.409 e. The van der Waals surface area contributed by atoms with Crippen molar-refractivity contribution in [1.82, 2.24) is 10.4 Å². The van der Waals surface area contributed by atoms with E-state index in [9.17, 15) is 18.0 Å². The number of rotatable bonds is 2. The first kappa shape index (κ1) is 15.1. The lowest BCUT2D eigenvalue weighted by atomic mass is 9.97. The Balaban J connectivity index is 2.44. The first-order valence-corrected chi connectivity index (χ1v) is 6.40. The summed E-state index contributed by atoms with van der Waals surface area (Å²) < 4.78 is 40.2. The Morgan fingerprint density at radius 3 is 2.25 bits per heavy atom. The highest BCUT2D eigenvalue weighted by molar-refractivity contribution is 6.30. The Hall–Kier alpha value is -1.27. The number of amides is 1. The van der Waals surface area contributed by atoms with Crippen molar-refractivity contribution in [3.8, 4) is 0 Å². The van der Waals surface area contributed by atoms with Gasteiger partial charge in [-0.05, 0) is 31.5 Å². The topological polar surface area (TPSA) is 32.3 Å². The molecule has 0 unspecified atom stereocenters. The molecule has 0 aliphatic carbocycles. The molecule has 3 nitrogen and oxygen atoms in total. The summed E-state index contributed by atoms with van der Waals surface area (Å²) in [6, 6.07) is 3.55. The number of hydrogen-bond acceptors (Lipinski definition) is 2. The van der Waals surface area contributed by atoms with Crippen molar-refractivity contribution in [2.45, 2.75) is 38.0 Å². The SMILES string of the molecule is CC1(C)CC(=O)NN1[C@@H](c1ccc(Cl)cc1)C(F)(F)F. The van der Waals surface area contributed by atoms with Crippen LogP contribution in [0.1, 0.15) is 31.9 Å². The van der Waals surface area contributed by atoms with Crippen molar-refractivity contribution in [3.05, 3.63) is 34.9 Å². The lowest BCUT2D eigenvalue weighted by Gasteiger charge is -2.37. The van der Waals surface area contributed by atoms with Crippen LogP contribution in [0.4, 0.5) is 13.2 Å². The molecule has 1 atom stereocenters. The zero-order valence-electron chi connectivity index (χ0n) is 11.0. The van der Waals surface area contributed by atoms with Crippen LogP contribution in [0.3, 0.4) is 0 Å². The maximum absolute atomic E-state index is 13.4. The molecule has 0 saturated carbocycles. The molecule has 0 radical (unpaired) electrons. The van der Waals surface area contributed by atoms with Gasteiger partial charge in [0, 0.05) is 17.0 Å². The lowest BCUT2D eigenvalue weighted by molar-refractivity contribution is -0.203. The molecule has 1 aliphatic rings. The van der Waals surface area contributed by atoms with Crippen LogP contribution in [0.2, 0.25) is 5.02 Å². The summed E-state index contributed by atoms with van der Waals surface area (Å²) in [5.74, 6) is -0.418. The van der Waals surface area contributed by atoms with Crippen LogP contribution in [0.5, 0.6) is 0 Å². The Bertz CT molecular complexity index is 513. The average molecular weight is 307 g/mol. The van der Waals surface area contributed by atoms with E-state index in [1.165, 1.54) is 24.3 Å². The normalized spacial score (nSPS) is 20.8. The van der Waals surface area contributed by atoms with E-state index < -0.39 is 23.7 Å². The van der Waals surface area contributed by atoms with Gasteiger partial charge in [0.15, 0.2) is 6.04 Å². The fourth-order valence-electron chi connectivity index (χ4n) is 2.35.